The zero-order chi connectivity index (χ0) is 16.2. The topological polar surface area (TPSA) is 70.2 Å². The molecule has 1 aromatic rings. The fraction of sp³-hybridized carbons (Fsp3) is 0.556. The van der Waals surface area contributed by atoms with Crippen LogP contribution in [0.5, 0.6) is 0 Å². The molecule has 1 atom stereocenters. The summed E-state index contributed by atoms with van der Waals surface area (Å²) in [5.41, 5.74) is 1.81. The van der Waals surface area contributed by atoms with E-state index in [0.29, 0.717) is 12.5 Å². The zero-order valence-electron chi connectivity index (χ0n) is 13.6. The maximum Gasteiger partial charge on any atom is 0.227 e. The van der Waals surface area contributed by atoms with E-state index >= 15 is 0 Å². The van der Waals surface area contributed by atoms with Crippen LogP contribution >= 0.6 is 0 Å². The van der Waals surface area contributed by atoms with Gasteiger partial charge in [0, 0.05) is 24.1 Å². The predicted octanol–water partition coefficient (Wildman–Crippen LogP) is 1.90. The number of benzene rings is 1. The number of hydrogen-bond acceptors (Lipinski definition) is 3. The van der Waals surface area contributed by atoms with Gasteiger partial charge in [-0.05, 0) is 49.5 Å². The molecule has 5 heteroatoms. The van der Waals surface area contributed by atoms with Crippen LogP contribution in [0, 0.1) is 17.8 Å². The number of amides is 2. The lowest BCUT2D eigenvalue weighted by Crippen LogP contribution is -2.49. The third-order valence-corrected chi connectivity index (χ3v) is 5.07. The average Bonchev–Trinajstić information content (AvgIpc) is 2.41. The van der Waals surface area contributed by atoms with Gasteiger partial charge in [0.05, 0.1) is 0 Å². The Morgan fingerprint density at radius 2 is 2.09 bits per heavy atom. The first-order chi connectivity index (χ1) is 11.1. The summed E-state index contributed by atoms with van der Waals surface area (Å²) in [7, 11) is 0. The minimum Gasteiger partial charge on any atom is -0.352 e. The normalized spacial score (nSPS) is 19.3. The fourth-order valence-electron chi connectivity index (χ4n) is 2.90. The first kappa shape index (κ1) is 16.0. The van der Waals surface area contributed by atoms with Gasteiger partial charge in [0.25, 0.3) is 0 Å². The molecule has 0 aromatic heterocycles. The summed E-state index contributed by atoms with van der Waals surface area (Å²) in [6.07, 6.45) is 3.14. The second kappa shape index (κ2) is 7.13. The van der Waals surface area contributed by atoms with Gasteiger partial charge in [-0.2, -0.15) is 0 Å². The molecule has 1 unspecified atom stereocenters. The molecule has 1 saturated carbocycles. The molecule has 0 radical (unpaired) electrons. The van der Waals surface area contributed by atoms with E-state index in [-0.39, 0.29) is 23.7 Å². The van der Waals surface area contributed by atoms with E-state index in [1.807, 2.05) is 31.2 Å². The highest BCUT2D eigenvalue weighted by Crippen LogP contribution is 2.27. The SMILES string of the molecule is CC(C(=O)NCc1cccc(NC(=O)C2CCC2)c1)C1CNC1. The Morgan fingerprint density at radius 3 is 2.70 bits per heavy atom. The standard InChI is InChI=1S/C18H25N3O2/c1-12(15-10-19-11-15)17(22)20-9-13-4-2-7-16(8-13)21-18(23)14-5-3-6-14/h2,4,7-8,12,14-15,19H,3,5-6,9-11H2,1H3,(H,20,22)(H,21,23). The van der Waals surface area contributed by atoms with E-state index in [4.69, 9.17) is 0 Å². The molecule has 2 fully saturated rings. The second-order valence-corrected chi connectivity index (χ2v) is 6.74. The Morgan fingerprint density at radius 1 is 1.30 bits per heavy atom. The minimum atomic E-state index is 0.0396. The van der Waals surface area contributed by atoms with Crippen LogP contribution in [-0.4, -0.2) is 24.9 Å². The lowest BCUT2D eigenvalue weighted by atomic mass is 9.85. The van der Waals surface area contributed by atoms with Crippen molar-refractivity contribution in [3.05, 3.63) is 29.8 Å². The van der Waals surface area contributed by atoms with E-state index < -0.39 is 0 Å². The number of carbonyl (C=O) groups excluding carboxylic acids is 2. The highest BCUT2D eigenvalue weighted by atomic mass is 16.2. The second-order valence-electron chi connectivity index (χ2n) is 6.74. The van der Waals surface area contributed by atoms with Gasteiger partial charge in [-0.15, -0.1) is 0 Å². The molecular formula is C18H25N3O2. The molecular weight excluding hydrogens is 290 g/mol. The zero-order valence-corrected chi connectivity index (χ0v) is 13.6. The molecule has 2 amide bonds. The molecule has 2 aliphatic rings. The first-order valence-corrected chi connectivity index (χ1v) is 8.51. The Labute approximate surface area is 137 Å². The Kier molecular flexibility index (Phi) is 4.96. The van der Waals surface area contributed by atoms with Gasteiger partial charge >= 0.3 is 0 Å². The molecule has 5 nitrogen and oxygen atoms in total. The minimum absolute atomic E-state index is 0.0396. The Bertz CT molecular complexity index is 579. The first-order valence-electron chi connectivity index (χ1n) is 8.51. The summed E-state index contributed by atoms with van der Waals surface area (Å²) >= 11 is 0. The molecule has 0 bridgehead atoms. The van der Waals surface area contributed by atoms with E-state index in [1.54, 1.807) is 0 Å². The van der Waals surface area contributed by atoms with Crippen molar-refractivity contribution in [2.45, 2.75) is 32.7 Å². The number of nitrogens with one attached hydrogen (secondary N) is 3. The van der Waals surface area contributed by atoms with E-state index in [9.17, 15) is 9.59 Å². The van der Waals surface area contributed by atoms with Crippen molar-refractivity contribution in [1.29, 1.82) is 0 Å². The molecule has 1 aliphatic carbocycles. The fourth-order valence-corrected chi connectivity index (χ4v) is 2.90. The Balaban J connectivity index is 1.50. The van der Waals surface area contributed by atoms with Crippen molar-refractivity contribution < 1.29 is 9.59 Å². The number of hydrogen-bond donors (Lipinski definition) is 3. The van der Waals surface area contributed by atoms with Gasteiger partial charge in [0.15, 0.2) is 0 Å². The maximum absolute atomic E-state index is 12.1. The molecule has 1 heterocycles. The molecule has 3 rings (SSSR count). The van der Waals surface area contributed by atoms with Crippen molar-refractivity contribution in [2.75, 3.05) is 18.4 Å². The molecule has 1 aromatic carbocycles. The van der Waals surface area contributed by atoms with Gasteiger partial charge in [-0.1, -0.05) is 25.5 Å². The van der Waals surface area contributed by atoms with E-state index in [0.717, 1.165) is 43.6 Å². The van der Waals surface area contributed by atoms with Gasteiger partial charge in [-0.25, -0.2) is 0 Å². The highest BCUT2D eigenvalue weighted by molar-refractivity contribution is 5.93. The molecule has 23 heavy (non-hydrogen) atoms. The largest absolute Gasteiger partial charge is 0.352 e. The van der Waals surface area contributed by atoms with Crippen molar-refractivity contribution >= 4 is 17.5 Å². The van der Waals surface area contributed by atoms with E-state index in [1.165, 1.54) is 0 Å². The third kappa shape index (κ3) is 3.91. The summed E-state index contributed by atoms with van der Waals surface area (Å²) in [4.78, 5) is 24.1. The number of anilines is 1. The van der Waals surface area contributed by atoms with Crippen LogP contribution in [0.25, 0.3) is 0 Å². The lowest BCUT2D eigenvalue weighted by molar-refractivity contribution is -0.127. The van der Waals surface area contributed by atoms with Crippen LogP contribution < -0.4 is 16.0 Å². The highest BCUT2D eigenvalue weighted by Gasteiger charge is 2.28. The van der Waals surface area contributed by atoms with Gasteiger partial charge in [-0.3, -0.25) is 9.59 Å². The van der Waals surface area contributed by atoms with Crippen LogP contribution in [0.2, 0.25) is 0 Å². The summed E-state index contributed by atoms with van der Waals surface area (Å²) < 4.78 is 0. The Hall–Kier alpha value is -1.88. The van der Waals surface area contributed by atoms with Crippen molar-refractivity contribution in [3.63, 3.8) is 0 Å². The predicted molar refractivity (Wildman–Crippen MR) is 89.8 cm³/mol. The van der Waals surface area contributed by atoms with Crippen molar-refractivity contribution in [2.24, 2.45) is 17.8 Å². The van der Waals surface area contributed by atoms with Gasteiger partial charge in [0.1, 0.15) is 0 Å². The summed E-state index contributed by atoms with van der Waals surface area (Å²) in [6, 6.07) is 7.71. The summed E-state index contributed by atoms with van der Waals surface area (Å²) in [5.74, 6) is 0.875. The molecule has 124 valence electrons. The van der Waals surface area contributed by atoms with Crippen LogP contribution in [-0.2, 0) is 16.1 Å². The monoisotopic (exact) mass is 315 g/mol. The van der Waals surface area contributed by atoms with Gasteiger partial charge in [0.2, 0.25) is 11.8 Å². The maximum atomic E-state index is 12.1. The quantitative estimate of drug-likeness (QED) is 0.751. The lowest BCUT2D eigenvalue weighted by Gasteiger charge is -2.31. The van der Waals surface area contributed by atoms with Gasteiger partial charge < -0.3 is 16.0 Å². The summed E-state index contributed by atoms with van der Waals surface area (Å²) in [5, 5.41) is 9.16. The van der Waals surface area contributed by atoms with Crippen LogP contribution in [0.4, 0.5) is 5.69 Å². The molecule has 3 N–H and O–H groups in total. The van der Waals surface area contributed by atoms with Crippen LogP contribution in [0.1, 0.15) is 31.7 Å². The average molecular weight is 315 g/mol. The van der Waals surface area contributed by atoms with E-state index in [2.05, 4.69) is 16.0 Å². The van der Waals surface area contributed by atoms with Crippen LogP contribution in [0.3, 0.4) is 0 Å². The van der Waals surface area contributed by atoms with Crippen molar-refractivity contribution in [1.82, 2.24) is 10.6 Å². The molecule has 1 saturated heterocycles. The number of carbonyl (C=O) groups is 2. The third-order valence-electron chi connectivity index (χ3n) is 5.07. The smallest absolute Gasteiger partial charge is 0.227 e. The summed E-state index contributed by atoms with van der Waals surface area (Å²) in [6.45, 7) is 4.33. The van der Waals surface area contributed by atoms with Crippen molar-refractivity contribution in [3.8, 4) is 0 Å². The van der Waals surface area contributed by atoms with Crippen LogP contribution in [0.15, 0.2) is 24.3 Å². The molecule has 1 aliphatic heterocycles. The number of rotatable bonds is 6. The molecule has 0 spiro atoms.